The Labute approximate surface area is 83.0 Å². The number of nitrogens with two attached hydrogens (primary N) is 1. The van der Waals surface area contributed by atoms with E-state index in [2.05, 4.69) is 42.0 Å². The normalized spacial score (nSPS) is 18.0. The van der Waals surface area contributed by atoms with Gasteiger partial charge in [-0.2, -0.15) is 0 Å². The topological polar surface area (TPSA) is 30.9 Å². The quantitative estimate of drug-likeness (QED) is 0.668. The molecule has 0 fully saturated rings. The Morgan fingerprint density at radius 2 is 2.07 bits per heavy atom. The molecule has 0 amide bonds. The third-order valence-corrected chi connectivity index (χ3v) is 2.94. The standard InChI is InChI=1S/C12H12N2/c1-8-4-2-5-9-11(13)10-6-3-7-14(10)12(8)9/h2-7,11H,13H2,1H3. The summed E-state index contributed by atoms with van der Waals surface area (Å²) in [6.45, 7) is 2.13. The predicted molar refractivity (Wildman–Crippen MR) is 56.5 cm³/mol. The van der Waals surface area contributed by atoms with Crippen LogP contribution in [0.25, 0.3) is 5.69 Å². The van der Waals surface area contributed by atoms with Gasteiger partial charge in [-0.25, -0.2) is 0 Å². The Kier molecular flexibility index (Phi) is 1.39. The third-order valence-electron chi connectivity index (χ3n) is 2.94. The van der Waals surface area contributed by atoms with Crippen LogP contribution in [0, 0.1) is 6.92 Å². The highest BCUT2D eigenvalue weighted by atomic mass is 15.0. The molecule has 1 aromatic heterocycles. The van der Waals surface area contributed by atoms with Crippen LogP contribution in [0.15, 0.2) is 36.5 Å². The number of aryl methyl sites for hydroxylation is 1. The maximum atomic E-state index is 6.15. The molecule has 0 bridgehead atoms. The van der Waals surface area contributed by atoms with Crippen molar-refractivity contribution in [1.82, 2.24) is 4.57 Å². The minimum atomic E-state index is 0.0416. The molecule has 14 heavy (non-hydrogen) atoms. The fourth-order valence-corrected chi connectivity index (χ4v) is 2.27. The SMILES string of the molecule is Cc1cccc2c1-n1cccc1C2N. The van der Waals surface area contributed by atoms with Crippen LogP contribution in [0.5, 0.6) is 0 Å². The highest BCUT2D eigenvalue weighted by molar-refractivity contribution is 5.57. The zero-order valence-corrected chi connectivity index (χ0v) is 8.07. The van der Waals surface area contributed by atoms with Gasteiger partial charge in [-0.05, 0) is 30.2 Å². The van der Waals surface area contributed by atoms with Gasteiger partial charge in [0.1, 0.15) is 0 Å². The Hall–Kier alpha value is -1.54. The van der Waals surface area contributed by atoms with Crippen LogP contribution < -0.4 is 5.73 Å². The van der Waals surface area contributed by atoms with Crippen LogP contribution >= 0.6 is 0 Å². The lowest BCUT2D eigenvalue weighted by molar-refractivity contribution is 0.865. The van der Waals surface area contributed by atoms with Crippen molar-refractivity contribution in [1.29, 1.82) is 0 Å². The fraction of sp³-hybridized carbons (Fsp3) is 0.167. The lowest BCUT2D eigenvalue weighted by Gasteiger charge is -2.06. The number of aromatic nitrogens is 1. The molecule has 0 aliphatic carbocycles. The van der Waals surface area contributed by atoms with Gasteiger partial charge in [-0.3, -0.25) is 0 Å². The van der Waals surface area contributed by atoms with Crippen LogP contribution in [0.1, 0.15) is 22.9 Å². The van der Waals surface area contributed by atoms with Crippen molar-refractivity contribution in [3.63, 3.8) is 0 Å². The molecular weight excluding hydrogens is 172 g/mol. The first-order valence-electron chi connectivity index (χ1n) is 4.82. The lowest BCUT2D eigenvalue weighted by Crippen LogP contribution is -2.07. The second-order valence-corrected chi connectivity index (χ2v) is 3.79. The van der Waals surface area contributed by atoms with Gasteiger partial charge in [-0.15, -0.1) is 0 Å². The molecule has 2 N–H and O–H groups in total. The van der Waals surface area contributed by atoms with Crippen molar-refractivity contribution in [2.75, 3.05) is 0 Å². The van der Waals surface area contributed by atoms with E-state index in [9.17, 15) is 0 Å². The second kappa shape index (κ2) is 2.49. The molecule has 2 heterocycles. The average molecular weight is 184 g/mol. The van der Waals surface area contributed by atoms with E-state index in [0.717, 1.165) is 0 Å². The maximum Gasteiger partial charge on any atom is 0.0730 e. The molecule has 70 valence electrons. The van der Waals surface area contributed by atoms with Crippen molar-refractivity contribution in [2.45, 2.75) is 13.0 Å². The highest BCUT2D eigenvalue weighted by Gasteiger charge is 2.25. The van der Waals surface area contributed by atoms with Crippen molar-refractivity contribution >= 4 is 0 Å². The Morgan fingerprint density at radius 1 is 1.21 bits per heavy atom. The summed E-state index contributed by atoms with van der Waals surface area (Å²) in [5.74, 6) is 0. The molecule has 1 aliphatic rings. The van der Waals surface area contributed by atoms with E-state index in [1.807, 2.05) is 6.07 Å². The molecule has 2 heteroatoms. The third kappa shape index (κ3) is 0.788. The number of nitrogens with zero attached hydrogens (tertiary/aromatic N) is 1. The number of hydrogen-bond donors (Lipinski definition) is 1. The van der Waals surface area contributed by atoms with Crippen LogP contribution in [0.3, 0.4) is 0 Å². The zero-order valence-electron chi connectivity index (χ0n) is 8.07. The van der Waals surface area contributed by atoms with Gasteiger partial charge < -0.3 is 10.3 Å². The highest BCUT2D eigenvalue weighted by Crippen LogP contribution is 2.36. The Balaban J connectivity index is 2.40. The van der Waals surface area contributed by atoms with Gasteiger partial charge in [0.15, 0.2) is 0 Å². The van der Waals surface area contributed by atoms with Gasteiger partial charge >= 0.3 is 0 Å². The summed E-state index contributed by atoms with van der Waals surface area (Å²) in [5.41, 5.74) is 11.1. The molecular formula is C12H12N2. The first kappa shape index (κ1) is 7.83. The summed E-state index contributed by atoms with van der Waals surface area (Å²) in [4.78, 5) is 0. The monoisotopic (exact) mass is 184 g/mol. The van der Waals surface area contributed by atoms with Crippen molar-refractivity contribution in [3.8, 4) is 5.69 Å². The summed E-state index contributed by atoms with van der Waals surface area (Å²) in [6, 6.07) is 10.5. The minimum absolute atomic E-state index is 0.0416. The largest absolute Gasteiger partial charge is 0.319 e. The van der Waals surface area contributed by atoms with Gasteiger partial charge in [0, 0.05) is 11.9 Å². The summed E-state index contributed by atoms with van der Waals surface area (Å²) < 4.78 is 2.19. The molecule has 0 saturated carbocycles. The van der Waals surface area contributed by atoms with Crippen molar-refractivity contribution in [3.05, 3.63) is 53.3 Å². The molecule has 1 aliphatic heterocycles. The van der Waals surface area contributed by atoms with Crippen LogP contribution in [0.4, 0.5) is 0 Å². The molecule has 3 rings (SSSR count). The zero-order chi connectivity index (χ0) is 9.71. The minimum Gasteiger partial charge on any atom is -0.319 e. The molecule has 0 radical (unpaired) electrons. The molecule has 2 nitrogen and oxygen atoms in total. The molecule has 1 unspecified atom stereocenters. The number of rotatable bonds is 0. The molecule has 2 aromatic rings. The van der Waals surface area contributed by atoms with Gasteiger partial charge in [-0.1, -0.05) is 18.2 Å². The summed E-state index contributed by atoms with van der Waals surface area (Å²) >= 11 is 0. The van der Waals surface area contributed by atoms with Crippen LogP contribution in [-0.4, -0.2) is 4.57 Å². The lowest BCUT2D eigenvalue weighted by atomic mass is 10.0. The molecule has 0 spiro atoms. The summed E-state index contributed by atoms with van der Waals surface area (Å²) in [5, 5.41) is 0. The van der Waals surface area contributed by atoms with E-state index in [4.69, 9.17) is 5.73 Å². The van der Waals surface area contributed by atoms with E-state index >= 15 is 0 Å². The smallest absolute Gasteiger partial charge is 0.0730 e. The van der Waals surface area contributed by atoms with E-state index in [-0.39, 0.29) is 6.04 Å². The number of fused-ring (bicyclic) bond motifs is 3. The maximum absolute atomic E-state index is 6.15. The number of hydrogen-bond acceptors (Lipinski definition) is 1. The molecule has 1 aromatic carbocycles. The number of para-hydroxylation sites is 1. The van der Waals surface area contributed by atoms with Crippen molar-refractivity contribution < 1.29 is 0 Å². The van der Waals surface area contributed by atoms with Gasteiger partial charge in [0.05, 0.1) is 11.7 Å². The summed E-state index contributed by atoms with van der Waals surface area (Å²) in [6.07, 6.45) is 2.08. The molecule has 0 saturated heterocycles. The molecule has 1 atom stereocenters. The Bertz CT molecular complexity index is 497. The first-order valence-corrected chi connectivity index (χ1v) is 4.82. The number of benzene rings is 1. The van der Waals surface area contributed by atoms with E-state index < -0.39 is 0 Å². The fourth-order valence-electron chi connectivity index (χ4n) is 2.27. The summed E-state index contributed by atoms with van der Waals surface area (Å²) in [7, 11) is 0. The first-order chi connectivity index (χ1) is 6.79. The van der Waals surface area contributed by atoms with E-state index in [1.54, 1.807) is 0 Å². The average Bonchev–Trinajstić information content (AvgIpc) is 2.72. The van der Waals surface area contributed by atoms with E-state index in [1.165, 1.54) is 22.5 Å². The van der Waals surface area contributed by atoms with E-state index in [0.29, 0.717) is 0 Å². The van der Waals surface area contributed by atoms with Crippen LogP contribution in [0.2, 0.25) is 0 Å². The predicted octanol–water partition coefficient (Wildman–Crippen LogP) is 2.15. The van der Waals surface area contributed by atoms with Crippen LogP contribution in [-0.2, 0) is 0 Å². The van der Waals surface area contributed by atoms with Gasteiger partial charge in [0.25, 0.3) is 0 Å². The van der Waals surface area contributed by atoms with Crippen molar-refractivity contribution in [2.24, 2.45) is 5.73 Å². The van der Waals surface area contributed by atoms with Gasteiger partial charge in [0.2, 0.25) is 0 Å². The second-order valence-electron chi connectivity index (χ2n) is 3.79. The Morgan fingerprint density at radius 3 is 2.93 bits per heavy atom.